The number of fused-ring (bicyclic) bond motifs is 1. The zero-order valence-corrected chi connectivity index (χ0v) is 17.2. The summed E-state index contributed by atoms with van der Waals surface area (Å²) in [5.41, 5.74) is 1.17. The van der Waals surface area contributed by atoms with Gasteiger partial charge in [-0.25, -0.2) is 4.68 Å². The molecule has 3 rings (SSSR count). The van der Waals surface area contributed by atoms with Crippen LogP contribution in [0.3, 0.4) is 0 Å². The third-order valence-corrected chi connectivity index (χ3v) is 4.82. The highest BCUT2D eigenvalue weighted by Gasteiger charge is 2.20. The largest absolute Gasteiger partial charge is 0.336 e. The van der Waals surface area contributed by atoms with Crippen LogP contribution in [0, 0.1) is 5.92 Å². The van der Waals surface area contributed by atoms with Crippen LogP contribution >= 0.6 is 15.9 Å². The quantitative estimate of drug-likeness (QED) is 0.615. The molecule has 0 bridgehead atoms. The summed E-state index contributed by atoms with van der Waals surface area (Å²) in [5.74, 6) is 0.0476. The molecule has 27 heavy (non-hydrogen) atoms. The molecule has 6 heteroatoms. The topological polar surface area (TPSA) is 55.2 Å². The average Bonchev–Trinajstić information content (AvgIpc) is 2.65. The fourth-order valence-electron chi connectivity index (χ4n) is 2.98. The SMILES string of the molecule is CC(C)Cn1nc(C(=O)N(C)Cc2ccc(Br)cc2)c2ccccc2c1=O. The number of hydrogen-bond acceptors (Lipinski definition) is 3. The highest BCUT2D eigenvalue weighted by Crippen LogP contribution is 2.17. The summed E-state index contributed by atoms with van der Waals surface area (Å²) < 4.78 is 2.40. The van der Waals surface area contributed by atoms with Gasteiger partial charge in [0.25, 0.3) is 11.5 Å². The van der Waals surface area contributed by atoms with E-state index in [2.05, 4.69) is 21.0 Å². The van der Waals surface area contributed by atoms with Crippen molar-refractivity contribution in [2.45, 2.75) is 26.9 Å². The summed E-state index contributed by atoms with van der Waals surface area (Å²) in [5, 5.41) is 5.54. The minimum atomic E-state index is -0.202. The standard InChI is InChI=1S/C21H22BrN3O2/c1-14(2)12-25-20(26)18-7-5-4-6-17(18)19(23-25)21(27)24(3)13-15-8-10-16(22)11-9-15/h4-11,14H,12-13H2,1-3H3. The molecule has 1 aromatic heterocycles. The second-order valence-electron chi connectivity index (χ2n) is 7.06. The summed E-state index contributed by atoms with van der Waals surface area (Å²) in [4.78, 5) is 27.4. The van der Waals surface area contributed by atoms with Crippen LogP contribution in [0.5, 0.6) is 0 Å². The van der Waals surface area contributed by atoms with E-state index < -0.39 is 0 Å². The molecule has 0 saturated carbocycles. The van der Waals surface area contributed by atoms with Crippen molar-refractivity contribution in [3.05, 3.63) is 74.6 Å². The maximum atomic E-state index is 13.1. The zero-order valence-electron chi connectivity index (χ0n) is 15.6. The van der Waals surface area contributed by atoms with E-state index in [-0.39, 0.29) is 17.4 Å². The lowest BCUT2D eigenvalue weighted by atomic mass is 10.1. The monoisotopic (exact) mass is 427 g/mol. The van der Waals surface area contributed by atoms with E-state index in [9.17, 15) is 9.59 Å². The number of nitrogens with zero attached hydrogens (tertiary/aromatic N) is 3. The number of rotatable bonds is 5. The molecule has 0 aliphatic rings. The number of halogens is 1. The summed E-state index contributed by atoms with van der Waals surface area (Å²) in [6.45, 7) is 4.97. The highest BCUT2D eigenvalue weighted by molar-refractivity contribution is 9.10. The Bertz CT molecular complexity index is 1030. The molecule has 1 amide bonds. The van der Waals surface area contributed by atoms with Gasteiger partial charge in [0.15, 0.2) is 5.69 Å². The maximum absolute atomic E-state index is 13.1. The Morgan fingerprint density at radius 3 is 2.37 bits per heavy atom. The maximum Gasteiger partial charge on any atom is 0.274 e. The van der Waals surface area contributed by atoms with E-state index in [0.29, 0.717) is 29.6 Å². The lowest BCUT2D eigenvalue weighted by Gasteiger charge is -2.19. The minimum absolute atomic E-state index is 0.161. The van der Waals surface area contributed by atoms with Gasteiger partial charge >= 0.3 is 0 Å². The van der Waals surface area contributed by atoms with Gasteiger partial charge in [-0.15, -0.1) is 0 Å². The Kier molecular flexibility index (Phi) is 5.75. The third-order valence-electron chi connectivity index (χ3n) is 4.29. The Hall–Kier alpha value is -2.47. The van der Waals surface area contributed by atoms with Crippen LogP contribution in [0.25, 0.3) is 10.8 Å². The van der Waals surface area contributed by atoms with Gasteiger partial charge in [-0.3, -0.25) is 9.59 Å². The van der Waals surface area contributed by atoms with Crippen molar-refractivity contribution in [2.24, 2.45) is 5.92 Å². The number of hydrogen-bond donors (Lipinski definition) is 0. The zero-order chi connectivity index (χ0) is 19.6. The van der Waals surface area contributed by atoms with Gasteiger partial charge in [0, 0.05) is 30.0 Å². The van der Waals surface area contributed by atoms with E-state index in [1.165, 1.54) is 4.68 Å². The fourth-order valence-corrected chi connectivity index (χ4v) is 3.24. The second kappa shape index (κ2) is 8.05. The van der Waals surface area contributed by atoms with Crippen molar-refractivity contribution in [3.63, 3.8) is 0 Å². The van der Waals surface area contributed by atoms with Crippen molar-refractivity contribution in [2.75, 3.05) is 7.05 Å². The highest BCUT2D eigenvalue weighted by atomic mass is 79.9. The van der Waals surface area contributed by atoms with Crippen LogP contribution < -0.4 is 5.56 Å². The predicted octanol–water partition coefficient (Wildman–Crippen LogP) is 4.09. The predicted molar refractivity (Wildman–Crippen MR) is 111 cm³/mol. The molecule has 0 atom stereocenters. The number of aromatic nitrogens is 2. The van der Waals surface area contributed by atoms with Crippen LogP contribution in [0.2, 0.25) is 0 Å². The van der Waals surface area contributed by atoms with E-state index in [1.54, 1.807) is 24.1 Å². The molecule has 0 N–H and O–H groups in total. The summed E-state index contributed by atoms with van der Waals surface area (Å²) in [6, 6.07) is 15.0. The van der Waals surface area contributed by atoms with E-state index in [0.717, 1.165) is 10.0 Å². The number of benzene rings is 2. The Morgan fingerprint density at radius 2 is 1.74 bits per heavy atom. The van der Waals surface area contributed by atoms with Crippen molar-refractivity contribution in [3.8, 4) is 0 Å². The first-order valence-corrected chi connectivity index (χ1v) is 9.66. The van der Waals surface area contributed by atoms with Crippen molar-refractivity contribution >= 4 is 32.6 Å². The molecular formula is C21H22BrN3O2. The van der Waals surface area contributed by atoms with E-state index >= 15 is 0 Å². The first-order chi connectivity index (χ1) is 12.9. The van der Waals surface area contributed by atoms with Crippen molar-refractivity contribution in [1.82, 2.24) is 14.7 Å². The van der Waals surface area contributed by atoms with E-state index in [1.807, 2.05) is 50.2 Å². The Labute approximate surface area is 166 Å². The van der Waals surface area contributed by atoms with Crippen molar-refractivity contribution < 1.29 is 4.79 Å². The Balaban J connectivity index is 2.01. The Morgan fingerprint density at radius 1 is 1.11 bits per heavy atom. The fraction of sp³-hybridized carbons (Fsp3) is 0.286. The smallest absolute Gasteiger partial charge is 0.274 e. The summed E-state index contributed by atoms with van der Waals surface area (Å²) >= 11 is 3.42. The van der Waals surface area contributed by atoms with Crippen LogP contribution in [-0.2, 0) is 13.1 Å². The van der Waals surface area contributed by atoms with Crippen molar-refractivity contribution in [1.29, 1.82) is 0 Å². The van der Waals surface area contributed by atoms with Gasteiger partial charge in [0.05, 0.1) is 5.39 Å². The lowest BCUT2D eigenvalue weighted by Crippen LogP contribution is -2.32. The van der Waals surface area contributed by atoms with Gasteiger partial charge in [-0.1, -0.05) is 60.1 Å². The molecule has 0 aliphatic carbocycles. The number of amides is 1. The van der Waals surface area contributed by atoms with Gasteiger partial charge in [0.2, 0.25) is 0 Å². The molecule has 0 unspecified atom stereocenters. The first kappa shape index (κ1) is 19.3. The van der Waals surface area contributed by atoms with Gasteiger partial charge in [0.1, 0.15) is 0 Å². The molecule has 0 saturated heterocycles. The van der Waals surface area contributed by atoms with Gasteiger partial charge in [-0.2, -0.15) is 5.10 Å². The molecule has 0 radical (unpaired) electrons. The normalized spacial score (nSPS) is 11.1. The van der Waals surface area contributed by atoms with Gasteiger partial charge < -0.3 is 4.90 Å². The molecule has 5 nitrogen and oxygen atoms in total. The molecule has 3 aromatic rings. The molecule has 2 aromatic carbocycles. The molecule has 140 valence electrons. The van der Waals surface area contributed by atoms with Crippen LogP contribution in [-0.4, -0.2) is 27.6 Å². The van der Waals surface area contributed by atoms with Crippen LogP contribution in [0.4, 0.5) is 0 Å². The van der Waals surface area contributed by atoms with E-state index in [4.69, 9.17) is 0 Å². The molecular weight excluding hydrogens is 406 g/mol. The lowest BCUT2D eigenvalue weighted by molar-refractivity contribution is 0.0778. The molecule has 0 fully saturated rings. The third kappa shape index (κ3) is 4.27. The summed E-state index contributed by atoms with van der Waals surface area (Å²) in [6.07, 6.45) is 0. The number of carbonyl (C=O) groups excluding carboxylic acids is 1. The number of carbonyl (C=O) groups is 1. The minimum Gasteiger partial charge on any atom is -0.336 e. The first-order valence-electron chi connectivity index (χ1n) is 8.86. The van der Waals surface area contributed by atoms with Crippen LogP contribution in [0.15, 0.2) is 57.8 Å². The molecule has 0 spiro atoms. The molecule has 0 aliphatic heterocycles. The second-order valence-corrected chi connectivity index (χ2v) is 7.98. The van der Waals surface area contributed by atoms with Gasteiger partial charge in [-0.05, 0) is 29.7 Å². The summed E-state index contributed by atoms with van der Waals surface area (Å²) in [7, 11) is 1.75. The molecule has 1 heterocycles. The van der Waals surface area contributed by atoms with Crippen LogP contribution in [0.1, 0.15) is 29.9 Å². The average molecular weight is 428 g/mol.